The lowest BCUT2D eigenvalue weighted by Crippen LogP contribution is -2.00. The zero-order valence-electron chi connectivity index (χ0n) is 39.3. The predicted octanol–water partition coefficient (Wildman–Crippen LogP) is 15.6. The summed E-state index contributed by atoms with van der Waals surface area (Å²) in [6.45, 7) is 0. The first-order chi connectivity index (χ1) is 33.7. The van der Waals surface area contributed by atoms with E-state index >= 15 is 0 Å². The van der Waals surface area contributed by atoms with Crippen LogP contribution in [0.25, 0.3) is 126 Å². The maximum atomic E-state index is 9.24. The summed E-state index contributed by atoms with van der Waals surface area (Å²) in [5.41, 5.74) is 8.75. The first-order valence-electron chi connectivity index (χ1n) is 23.6. The van der Waals surface area contributed by atoms with Crippen molar-refractivity contribution in [2.24, 2.45) is 0 Å². The van der Waals surface area contributed by atoms with E-state index in [4.69, 9.17) is 24.9 Å². The first kappa shape index (κ1) is 29.9. The summed E-state index contributed by atoms with van der Waals surface area (Å²) < 4.78 is 64.4. The van der Waals surface area contributed by atoms with Crippen LogP contribution in [0.1, 0.15) is 8.22 Å². The van der Waals surface area contributed by atoms with E-state index in [9.17, 15) is 2.74 Å². The van der Waals surface area contributed by atoms with E-state index in [1.54, 1.807) is 15.9 Å². The van der Waals surface area contributed by atoms with Gasteiger partial charge in [-0.15, -0.1) is 11.3 Å². The van der Waals surface area contributed by atoms with Gasteiger partial charge in [0.15, 0.2) is 17.5 Å². The predicted molar refractivity (Wildman–Crippen MR) is 262 cm³/mol. The summed E-state index contributed by atoms with van der Waals surface area (Å²) >= 11 is 1.70. The van der Waals surface area contributed by atoms with E-state index in [1.807, 2.05) is 115 Å². The molecule has 4 aromatic heterocycles. The molecule has 0 atom stereocenters. The van der Waals surface area contributed by atoms with Crippen molar-refractivity contribution in [3.05, 3.63) is 206 Å². The van der Waals surface area contributed by atoms with Crippen molar-refractivity contribution in [2.75, 3.05) is 0 Å². The standard InChI is InChI=1S/C57H34N4OS/c1-3-14-35(15-4-1)55-58-56(36-16-5-2-6-17-36)60-57(59-55)39-27-30-43-42-29-26-38(33-51(42)62-52(43)34-39)37-28-31-50(61-48-23-10-7-18-40(48)41-19-8-11-24-49(41)61)47(32-37)46-22-13-21-45-44-20-9-12-25-53(44)63-54(45)46/h1-34H/i7D,8D,18D,19D,23D,24D. The summed E-state index contributed by atoms with van der Waals surface area (Å²) in [6.07, 6.45) is 0. The highest BCUT2D eigenvalue weighted by Crippen LogP contribution is 2.45. The lowest BCUT2D eigenvalue weighted by molar-refractivity contribution is 0.669. The van der Waals surface area contributed by atoms with E-state index in [1.165, 1.54) is 12.1 Å². The number of nitrogens with zero attached hydrogens (tertiary/aromatic N) is 4. The van der Waals surface area contributed by atoms with Crippen LogP contribution in [0.3, 0.4) is 0 Å². The minimum Gasteiger partial charge on any atom is -0.456 e. The normalized spacial score (nSPS) is 13.1. The Morgan fingerprint density at radius 2 is 0.968 bits per heavy atom. The third-order valence-corrected chi connectivity index (χ3v) is 13.0. The van der Waals surface area contributed by atoms with Crippen molar-refractivity contribution in [3.63, 3.8) is 0 Å². The molecule has 0 aliphatic rings. The van der Waals surface area contributed by atoms with Gasteiger partial charge in [-0.25, -0.2) is 15.0 Å². The van der Waals surface area contributed by atoms with E-state index in [2.05, 4.69) is 42.5 Å². The Kier molecular flexibility index (Phi) is 6.75. The van der Waals surface area contributed by atoms with Crippen molar-refractivity contribution in [3.8, 4) is 62.1 Å². The monoisotopic (exact) mass is 828 g/mol. The van der Waals surface area contributed by atoms with Crippen molar-refractivity contribution in [1.82, 2.24) is 19.5 Å². The van der Waals surface area contributed by atoms with Crippen LogP contribution in [-0.2, 0) is 0 Å². The average Bonchev–Trinajstić information content (AvgIpc) is 4.08. The zero-order valence-corrected chi connectivity index (χ0v) is 34.1. The minimum atomic E-state index is -0.157. The van der Waals surface area contributed by atoms with E-state index in [-0.39, 0.29) is 47.0 Å². The minimum absolute atomic E-state index is 0.00937. The third kappa shape index (κ3) is 5.80. The van der Waals surface area contributed by atoms with Gasteiger partial charge in [0.2, 0.25) is 0 Å². The molecule has 0 bridgehead atoms. The van der Waals surface area contributed by atoms with Crippen LogP contribution in [0.15, 0.2) is 211 Å². The molecule has 6 heteroatoms. The molecule has 13 rings (SSSR count). The Morgan fingerprint density at radius 1 is 0.413 bits per heavy atom. The molecular weight excluding hydrogens is 789 g/mol. The smallest absolute Gasteiger partial charge is 0.164 e. The molecule has 0 saturated heterocycles. The fraction of sp³-hybridized carbons (Fsp3) is 0. The van der Waals surface area contributed by atoms with E-state index < -0.39 is 0 Å². The number of rotatable bonds is 6. The number of fused-ring (bicyclic) bond motifs is 9. The average molecular weight is 829 g/mol. The van der Waals surface area contributed by atoms with Gasteiger partial charge in [0.05, 0.1) is 24.9 Å². The molecular formula is C57H34N4OS. The number of hydrogen-bond acceptors (Lipinski definition) is 5. The maximum absolute atomic E-state index is 9.24. The van der Waals surface area contributed by atoms with Gasteiger partial charge in [0, 0.05) is 69.5 Å². The van der Waals surface area contributed by atoms with Gasteiger partial charge >= 0.3 is 0 Å². The molecule has 0 spiro atoms. The van der Waals surface area contributed by atoms with Gasteiger partial charge in [-0.3, -0.25) is 0 Å². The quantitative estimate of drug-likeness (QED) is 0.168. The lowest BCUT2D eigenvalue weighted by atomic mass is 9.95. The van der Waals surface area contributed by atoms with Crippen LogP contribution >= 0.6 is 11.3 Å². The summed E-state index contributed by atoms with van der Waals surface area (Å²) in [4.78, 5) is 14.7. The Morgan fingerprint density at radius 3 is 1.65 bits per heavy atom. The second kappa shape index (κ2) is 14.2. The number of para-hydroxylation sites is 2. The van der Waals surface area contributed by atoms with Gasteiger partial charge in [0.25, 0.3) is 0 Å². The van der Waals surface area contributed by atoms with Crippen LogP contribution in [0, 0.1) is 0 Å². The van der Waals surface area contributed by atoms with Gasteiger partial charge < -0.3 is 8.98 Å². The number of benzene rings is 9. The molecule has 0 fully saturated rings. The van der Waals surface area contributed by atoms with E-state index in [0.29, 0.717) is 45.4 Å². The first-order valence-corrected chi connectivity index (χ1v) is 21.4. The Labute approximate surface area is 374 Å². The highest BCUT2D eigenvalue weighted by Gasteiger charge is 2.20. The molecule has 0 saturated carbocycles. The molecule has 0 aliphatic heterocycles. The third-order valence-electron chi connectivity index (χ3n) is 11.8. The van der Waals surface area contributed by atoms with Crippen molar-refractivity contribution in [2.45, 2.75) is 0 Å². The highest BCUT2D eigenvalue weighted by molar-refractivity contribution is 7.26. The maximum Gasteiger partial charge on any atom is 0.164 e. The fourth-order valence-electron chi connectivity index (χ4n) is 8.87. The number of aromatic nitrogens is 4. The molecule has 0 aliphatic carbocycles. The molecule has 9 aromatic carbocycles. The molecule has 0 N–H and O–H groups in total. The van der Waals surface area contributed by atoms with Crippen LogP contribution in [0.5, 0.6) is 0 Å². The second-order valence-corrected chi connectivity index (χ2v) is 16.5. The molecule has 4 heterocycles. The van der Waals surface area contributed by atoms with Crippen LogP contribution in [-0.4, -0.2) is 19.5 Å². The Bertz CT molecular complexity index is 4150. The van der Waals surface area contributed by atoms with Gasteiger partial charge in [-0.05, 0) is 65.7 Å². The topological polar surface area (TPSA) is 56.7 Å². The van der Waals surface area contributed by atoms with Crippen LogP contribution in [0.2, 0.25) is 0 Å². The van der Waals surface area contributed by atoms with Crippen molar-refractivity contribution >= 4 is 75.3 Å². The molecule has 0 unspecified atom stereocenters. The Hall–Kier alpha value is -8.19. The SMILES string of the molecule is [2H]c1cc([2H])c2c(c1[2H])c1c([2H])c([2H])cc([2H])c1n2-c1ccc(-c2ccc3c(c2)oc2cc(-c4nc(-c5ccccc5)nc(-c5ccccc5)n4)ccc23)cc1-c1cccc2c1sc1ccccc12. The molecule has 5 nitrogen and oxygen atoms in total. The van der Waals surface area contributed by atoms with Gasteiger partial charge in [-0.2, -0.15) is 0 Å². The fourth-order valence-corrected chi connectivity index (χ4v) is 10.1. The lowest BCUT2D eigenvalue weighted by Gasteiger charge is -2.17. The summed E-state index contributed by atoms with van der Waals surface area (Å²) in [7, 11) is 0. The van der Waals surface area contributed by atoms with Crippen LogP contribution in [0.4, 0.5) is 0 Å². The Balaban J connectivity index is 1.00. The molecule has 0 radical (unpaired) electrons. The summed E-state index contributed by atoms with van der Waals surface area (Å²) in [5.74, 6) is 1.68. The zero-order chi connectivity index (χ0) is 46.7. The van der Waals surface area contributed by atoms with Crippen molar-refractivity contribution in [1.29, 1.82) is 0 Å². The second-order valence-electron chi connectivity index (χ2n) is 15.5. The number of hydrogen-bond donors (Lipinski definition) is 0. The van der Waals surface area contributed by atoms with Gasteiger partial charge in [-0.1, -0.05) is 152 Å². The van der Waals surface area contributed by atoms with Gasteiger partial charge in [0.1, 0.15) is 11.2 Å². The molecule has 13 aromatic rings. The summed E-state index contributed by atoms with van der Waals surface area (Å²) in [6, 6.07) is 54.8. The van der Waals surface area contributed by atoms with Crippen molar-refractivity contribution < 1.29 is 12.6 Å². The largest absolute Gasteiger partial charge is 0.456 e. The number of thiophene rings is 1. The van der Waals surface area contributed by atoms with E-state index in [0.717, 1.165) is 69.9 Å². The molecule has 0 amide bonds. The summed E-state index contributed by atoms with van der Waals surface area (Å²) in [5, 5.41) is 4.57. The molecule has 63 heavy (non-hydrogen) atoms. The van der Waals surface area contributed by atoms with Crippen LogP contribution < -0.4 is 0 Å². The molecule has 294 valence electrons. The highest BCUT2D eigenvalue weighted by atomic mass is 32.1. The number of furan rings is 1.